The topological polar surface area (TPSA) is 75.4 Å². The Kier molecular flexibility index (Phi) is 5.25. The predicted octanol–water partition coefficient (Wildman–Crippen LogP) is -0.148. The second-order valence-corrected chi connectivity index (χ2v) is 4.19. The van der Waals surface area contributed by atoms with E-state index in [9.17, 15) is 9.59 Å². The Labute approximate surface area is 96.4 Å². The molecule has 0 aliphatic carbocycles. The highest BCUT2D eigenvalue weighted by atomic mass is 16.2. The molecule has 0 aromatic heterocycles. The first kappa shape index (κ1) is 13.0. The summed E-state index contributed by atoms with van der Waals surface area (Å²) in [6.45, 7) is 4.40. The zero-order valence-electron chi connectivity index (χ0n) is 9.87. The highest BCUT2D eigenvalue weighted by Gasteiger charge is 2.30. The van der Waals surface area contributed by atoms with Crippen LogP contribution in [0.1, 0.15) is 32.6 Å². The van der Waals surface area contributed by atoms with Crippen molar-refractivity contribution in [1.29, 1.82) is 0 Å². The molecule has 1 rings (SSSR count). The lowest BCUT2D eigenvalue weighted by molar-refractivity contribution is -0.129. The van der Waals surface area contributed by atoms with E-state index >= 15 is 0 Å². The molecular formula is C11H21N3O2. The number of nitrogens with one attached hydrogen (secondary N) is 1. The van der Waals surface area contributed by atoms with Crippen LogP contribution in [0.25, 0.3) is 0 Å². The summed E-state index contributed by atoms with van der Waals surface area (Å²) in [5, 5.41) is 3.23. The average molecular weight is 227 g/mol. The van der Waals surface area contributed by atoms with Gasteiger partial charge in [0.1, 0.15) is 0 Å². The maximum atomic E-state index is 11.8. The zero-order chi connectivity index (χ0) is 12.0. The lowest BCUT2D eigenvalue weighted by atomic mass is 10.2. The molecular weight excluding hydrogens is 206 g/mol. The molecule has 16 heavy (non-hydrogen) atoms. The summed E-state index contributed by atoms with van der Waals surface area (Å²) < 4.78 is 0. The largest absolute Gasteiger partial charge is 0.370 e. The molecule has 0 radical (unpaired) electrons. The van der Waals surface area contributed by atoms with Crippen molar-refractivity contribution >= 4 is 11.8 Å². The molecule has 0 spiro atoms. The number of nitrogens with zero attached hydrogens (tertiary/aromatic N) is 1. The minimum Gasteiger partial charge on any atom is -0.370 e. The molecule has 1 unspecified atom stereocenters. The van der Waals surface area contributed by atoms with Gasteiger partial charge in [0, 0.05) is 19.5 Å². The summed E-state index contributed by atoms with van der Waals surface area (Å²) >= 11 is 0. The molecule has 0 saturated carbocycles. The number of hydrogen-bond acceptors (Lipinski definition) is 3. The fraction of sp³-hybridized carbons (Fsp3) is 0.818. The first-order chi connectivity index (χ1) is 7.65. The van der Waals surface area contributed by atoms with E-state index in [1.807, 2.05) is 4.90 Å². The molecule has 2 amide bonds. The third kappa shape index (κ3) is 3.81. The van der Waals surface area contributed by atoms with E-state index in [0.717, 1.165) is 25.9 Å². The first-order valence-electron chi connectivity index (χ1n) is 5.95. The van der Waals surface area contributed by atoms with E-state index in [1.165, 1.54) is 0 Å². The van der Waals surface area contributed by atoms with E-state index in [4.69, 9.17) is 5.73 Å². The highest BCUT2D eigenvalue weighted by molar-refractivity contribution is 5.84. The molecule has 0 bridgehead atoms. The number of rotatable bonds is 7. The van der Waals surface area contributed by atoms with Gasteiger partial charge in [-0.05, 0) is 25.8 Å². The number of carbonyl (C=O) groups excluding carboxylic acids is 2. The van der Waals surface area contributed by atoms with E-state index in [2.05, 4.69) is 12.2 Å². The number of primary amides is 1. The van der Waals surface area contributed by atoms with E-state index in [-0.39, 0.29) is 17.9 Å². The summed E-state index contributed by atoms with van der Waals surface area (Å²) in [4.78, 5) is 24.2. The fourth-order valence-corrected chi connectivity index (χ4v) is 1.91. The Morgan fingerprint density at radius 2 is 2.38 bits per heavy atom. The lowest BCUT2D eigenvalue weighted by Gasteiger charge is -2.16. The summed E-state index contributed by atoms with van der Waals surface area (Å²) in [6, 6.07) is -0.0199. The molecule has 1 aliphatic heterocycles. The van der Waals surface area contributed by atoms with E-state index in [0.29, 0.717) is 19.4 Å². The van der Waals surface area contributed by atoms with Crippen LogP contribution in [0.4, 0.5) is 0 Å². The number of carbonyl (C=O) groups is 2. The standard InChI is InChI=1S/C11H21N3O2/c1-2-6-13-9-5-8-14(11(9)16)7-3-4-10(12)15/h9,13H,2-8H2,1H3,(H2,12,15). The summed E-state index contributed by atoms with van der Waals surface area (Å²) in [5.74, 6) is -0.134. The van der Waals surface area contributed by atoms with Crippen LogP contribution in [-0.2, 0) is 9.59 Å². The van der Waals surface area contributed by atoms with Gasteiger partial charge < -0.3 is 16.0 Å². The van der Waals surface area contributed by atoms with Crippen molar-refractivity contribution in [2.45, 2.75) is 38.6 Å². The third-order valence-corrected chi connectivity index (χ3v) is 2.79. The van der Waals surface area contributed by atoms with Gasteiger partial charge in [-0.2, -0.15) is 0 Å². The van der Waals surface area contributed by atoms with Crippen LogP contribution >= 0.6 is 0 Å². The quantitative estimate of drug-likeness (QED) is 0.635. The van der Waals surface area contributed by atoms with Crippen LogP contribution in [-0.4, -0.2) is 42.4 Å². The molecule has 1 aliphatic rings. The lowest BCUT2D eigenvalue weighted by Crippen LogP contribution is -2.39. The molecule has 3 N–H and O–H groups in total. The van der Waals surface area contributed by atoms with Crippen molar-refractivity contribution in [2.75, 3.05) is 19.6 Å². The van der Waals surface area contributed by atoms with Crippen LogP contribution < -0.4 is 11.1 Å². The van der Waals surface area contributed by atoms with Gasteiger partial charge in [0.2, 0.25) is 11.8 Å². The van der Waals surface area contributed by atoms with Gasteiger partial charge in [0.15, 0.2) is 0 Å². The monoisotopic (exact) mass is 227 g/mol. The van der Waals surface area contributed by atoms with Crippen LogP contribution in [0.15, 0.2) is 0 Å². The fourth-order valence-electron chi connectivity index (χ4n) is 1.91. The second-order valence-electron chi connectivity index (χ2n) is 4.19. The van der Waals surface area contributed by atoms with Gasteiger partial charge in [0.25, 0.3) is 0 Å². The van der Waals surface area contributed by atoms with E-state index in [1.54, 1.807) is 0 Å². The van der Waals surface area contributed by atoms with Crippen LogP contribution in [0.2, 0.25) is 0 Å². The van der Waals surface area contributed by atoms with Crippen molar-refractivity contribution in [2.24, 2.45) is 5.73 Å². The molecule has 1 atom stereocenters. The molecule has 0 aromatic rings. The Morgan fingerprint density at radius 1 is 1.62 bits per heavy atom. The molecule has 5 heteroatoms. The van der Waals surface area contributed by atoms with Crippen molar-refractivity contribution in [3.63, 3.8) is 0 Å². The number of likely N-dealkylation sites (tertiary alicyclic amines) is 1. The van der Waals surface area contributed by atoms with Gasteiger partial charge in [0.05, 0.1) is 6.04 Å². The van der Waals surface area contributed by atoms with Crippen LogP contribution in [0.3, 0.4) is 0 Å². The minimum absolute atomic E-state index is 0.0199. The van der Waals surface area contributed by atoms with Gasteiger partial charge in [-0.3, -0.25) is 9.59 Å². The molecule has 1 heterocycles. The maximum Gasteiger partial charge on any atom is 0.239 e. The Morgan fingerprint density at radius 3 is 3.00 bits per heavy atom. The van der Waals surface area contributed by atoms with Crippen LogP contribution in [0, 0.1) is 0 Å². The van der Waals surface area contributed by atoms with Crippen molar-refractivity contribution in [3.05, 3.63) is 0 Å². The van der Waals surface area contributed by atoms with Gasteiger partial charge in [-0.25, -0.2) is 0 Å². The molecule has 5 nitrogen and oxygen atoms in total. The molecule has 1 saturated heterocycles. The number of amides is 2. The number of nitrogens with two attached hydrogens (primary N) is 1. The number of hydrogen-bond donors (Lipinski definition) is 2. The second kappa shape index (κ2) is 6.48. The Bertz CT molecular complexity index is 256. The summed E-state index contributed by atoms with van der Waals surface area (Å²) in [6.07, 6.45) is 2.93. The Hall–Kier alpha value is -1.10. The average Bonchev–Trinajstić information content (AvgIpc) is 2.57. The van der Waals surface area contributed by atoms with Gasteiger partial charge in [-0.15, -0.1) is 0 Å². The zero-order valence-corrected chi connectivity index (χ0v) is 9.87. The molecule has 1 fully saturated rings. The normalized spacial score (nSPS) is 20.4. The van der Waals surface area contributed by atoms with Gasteiger partial charge >= 0.3 is 0 Å². The van der Waals surface area contributed by atoms with Crippen molar-refractivity contribution in [3.8, 4) is 0 Å². The van der Waals surface area contributed by atoms with Gasteiger partial charge in [-0.1, -0.05) is 6.92 Å². The Balaban J connectivity index is 2.25. The maximum absolute atomic E-state index is 11.8. The van der Waals surface area contributed by atoms with Crippen molar-refractivity contribution in [1.82, 2.24) is 10.2 Å². The predicted molar refractivity (Wildman–Crippen MR) is 61.7 cm³/mol. The smallest absolute Gasteiger partial charge is 0.239 e. The van der Waals surface area contributed by atoms with Crippen LogP contribution in [0.5, 0.6) is 0 Å². The van der Waals surface area contributed by atoms with E-state index < -0.39 is 0 Å². The highest BCUT2D eigenvalue weighted by Crippen LogP contribution is 2.11. The first-order valence-corrected chi connectivity index (χ1v) is 5.95. The van der Waals surface area contributed by atoms with Crippen molar-refractivity contribution < 1.29 is 9.59 Å². The third-order valence-electron chi connectivity index (χ3n) is 2.79. The molecule has 0 aromatic carbocycles. The minimum atomic E-state index is -0.299. The summed E-state index contributed by atoms with van der Waals surface area (Å²) in [7, 11) is 0. The summed E-state index contributed by atoms with van der Waals surface area (Å²) in [5.41, 5.74) is 5.05. The SMILES string of the molecule is CCCNC1CCN(CCCC(N)=O)C1=O. The molecule has 92 valence electrons.